The van der Waals surface area contributed by atoms with Gasteiger partial charge < -0.3 is 10.2 Å². The van der Waals surface area contributed by atoms with Crippen molar-refractivity contribution in [1.82, 2.24) is 14.7 Å². The average molecular weight is 508 g/mol. The molecule has 2 aromatic heterocycles. The maximum absolute atomic E-state index is 13.1. The van der Waals surface area contributed by atoms with E-state index in [9.17, 15) is 18.0 Å². The minimum Gasteiger partial charge on any atom is -0.351 e. The Morgan fingerprint density at radius 1 is 1.06 bits per heavy atom. The standard InChI is InChI=1S/C26H29N5O4S/c1-17-15-26(3,4)31(16-17)24-21(7-6-14-27-24)25(33)30-36(34,35)23-9-5-8-22(29-23)28-20-12-10-19(11-13-20)18(2)32/h5-14,17H,15-16H2,1-4H3,(H,28,29)(H,30,33). The number of ketones is 1. The third kappa shape index (κ3) is 5.38. The second-order valence-corrected chi connectivity index (χ2v) is 11.3. The lowest BCUT2D eigenvalue weighted by Gasteiger charge is -2.33. The predicted octanol–water partition coefficient (Wildman–Crippen LogP) is 4.17. The molecule has 1 saturated heterocycles. The Bertz CT molecular complexity index is 1400. The molecule has 0 spiro atoms. The molecule has 2 N–H and O–H groups in total. The molecule has 0 bridgehead atoms. The van der Waals surface area contributed by atoms with Crippen LogP contribution >= 0.6 is 0 Å². The minimum atomic E-state index is -4.26. The number of amides is 1. The number of sulfonamides is 1. The van der Waals surface area contributed by atoms with E-state index in [4.69, 9.17) is 0 Å². The van der Waals surface area contributed by atoms with E-state index < -0.39 is 15.9 Å². The van der Waals surface area contributed by atoms with Gasteiger partial charge in [-0.1, -0.05) is 13.0 Å². The number of hydrogen-bond acceptors (Lipinski definition) is 8. The first-order chi connectivity index (χ1) is 17.0. The number of pyridine rings is 2. The highest BCUT2D eigenvalue weighted by molar-refractivity contribution is 7.90. The van der Waals surface area contributed by atoms with Crippen molar-refractivity contribution in [3.8, 4) is 0 Å². The second kappa shape index (κ2) is 9.69. The number of nitrogens with one attached hydrogen (secondary N) is 2. The molecule has 1 aliphatic rings. The molecule has 0 aliphatic carbocycles. The first-order valence-electron chi connectivity index (χ1n) is 11.6. The molecule has 10 heteroatoms. The summed E-state index contributed by atoms with van der Waals surface area (Å²) < 4.78 is 28.3. The van der Waals surface area contributed by atoms with Crippen LogP contribution in [0.3, 0.4) is 0 Å². The van der Waals surface area contributed by atoms with Gasteiger partial charge in [-0.3, -0.25) is 9.59 Å². The summed E-state index contributed by atoms with van der Waals surface area (Å²) in [7, 11) is -4.26. The van der Waals surface area contributed by atoms with Gasteiger partial charge in [0, 0.05) is 29.5 Å². The van der Waals surface area contributed by atoms with E-state index in [1.165, 1.54) is 19.1 Å². The summed E-state index contributed by atoms with van der Waals surface area (Å²) in [6, 6.07) is 14.4. The maximum Gasteiger partial charge on any atom is 0.281 e. The van der Waals surface area contributed by atoms with Gasteiger partial charge in [0.2, 0.25) is 0 Å². The van der Waals surface area contributed by atoms with Crippen molar-refractivity contribution in [2.45, 2.75) is 44.7 Å². The quantitative estimate of drug-likeness (QED) is 0.457. The van der Waals surface area contributed by atoms with Gasteiger partial charge in [0.1, 0.15) is 11.6 Å². The zero-order chi connectivity index (χ0) is 26.1. The zero-order valence-electron chi connectivity index (χ0n) is 20.6. The van der Waals surface area contributed by atoms with Gasteiger partial charge >= 0.3 is 0 Å². The monoisotopic (exact) mass is 507 g/mol. The molecule has 188 valence electrons. The lowest BCUT2D eigenvalue weighted by molar-refractivity contribution is 0.0979. The molecule has 1 aromatic carbocycles. The van der Waals surface area contributed by atoms with E-state index in [1.807, 2.05) is 0 Å². The van der Waals surface area contributed by atoms with E-state index in [0.29, 0.717) is 23.0 Å². The average Bonchev–Trinajstić information content (AvgIpc) is 3.11. The Hall–Kier alpha value is -3.79. The number of rotatable bonds is 7. The van der Waals surface area contributed by atoms with E-state index in [0.717, 1.165) is 13.0 Å². The fourth-order valence-electron chi connectivity index (χ4n) is 4.55. The summed E-state index contributed by atoms with van der Waals surface area (Å²) in [5.74, 6) is 0.323. The molecule has 0 saturated carbocycles. The summed E-state index contributed by atoms with van der Waals surface area (Å²) in [5.41, 5.74) is 1.16. The Labute approximate surface area is 211 Å². The van der Waals surface area contributed by atoms with Crippen molar-refractivity contribution in [3.63, 3.8) is 0 Å². The number of Topliss-reactive ketones (excluding diaryl/α,β-unsaturated/α-hetero) is 1. The van der Waals surface area contributed by atoms with Gasteiger partial charge in [-0.05, 0) is 81.6 Å². The van der Waals surface area contributed by atoms with E-state index in [2.05, 4.69) is 45.7 Å². The number of aromatic nitrogens is 2. The topological polar surface area (TPSA) is 121 Å². The Kier molecular flexibility index (Phi) is 6.81. The molecule has 0 radical (unpaired) electrons. The number of carbonyl (C=O) groups is 2. The highest BCUT2D eigenvalue weighted by atomic mass is 32.2. The van der Waals surface area contributed by atoms with Crippen LogP contribution in [0.1, 0.15) is 54.8 Å². The van der Waals surface area contributed by atoms with Gasteiger partial charge in [-0.15, -0.1) is 0 Å². The van der Waals surface area contributed by atoms with Gasteiger partial charge in [-0.2, -0.15) is 8.42 Å². The molecule has 1 atom stereocenters. The lowest BCUT2D eigenvalue weighted by atomic mass is 9.97. The summed E-state index contributed by atoms with van der Waals surface area (Å²) in [6.07, 6.45) is 2.53. The lowest BCUT2D eigenvalue weighted by Crippen LogP contribution is -2.41. The van der Waals surface area contributed by atoms with E-state index in [1.54, 1.807) is 48.7 Å². The molecular weight excluding hydrogens is 478 g/mol. The number of nitrogens with zero attached hydrogens (tertiary/aromatic N) is 3. The maximum atomic E-state index is 13.1. The van der Waals surface area contributed by atoms with Crippen LogP contribution in [0.5, 0.6) is 0 Å². The Morgan fingerprint density at radius 3 is 2.42 bits per heavy atom. The molecule has 4 rings (SSSR count). The van der Waals surface area contributed by atoms with Crippen molar-refractivity contribution in [2.75, 3.05) is 16.8 Å². The predicted molar refractivity (Wildman–Crippen MR) is 138 cm³/mol. The van der Waals surface area contributed by atoms with Crippen LogP contribution in [0.15, 0.2) is 65.8 Å². The van der Waals surface area contributed by atoms with Crippen LogP contribution in [0.2, 0.25) is 0 Å². The highest BCUT2D eigenvalue weighted by Crippen LogP contribution is 2.37. The van der Waals surface area contributed by atoms with Crippen molar-refractivity contribution in [1.29, 1.82) is 0 Å². The molecule has 1 aliphatic heterocycles. The van der Waals surface area contributed by atoms with Gasteiger partial charge in [0.25, 0.3) is 15.9 Å². The van der Waals surface area contributed by atoms with Crippen LogP contribution in [0.25, 0.3) is 0 Å². The molecular formula is C26H29N5O4S. The molecule has 3 heterocycles. The number of hydrogen-bond donors (Lipinski definition) is 2. The second-order valence-electron chi connectivity index (χ2n) is 9.66. The number of anilines is 3. The largest absolute Gasteiger partial charge is 0.351 e. The smallest absolute Gasteiger partial charge is 0.281 e. The normalized spacial score (nSPS) is 17.0. The summed E-state index contributed by atoms with van der Waals surface area (Å²) >= 11 is 0. The van der Waals surface area contributed by atoms with Crippen LogP contribution in [-0.2, 0) is 10.0 Å². The molecule has 1 unspecified atom stereocenters. The molecule has 3 aromatic rings. The van der Waals surface area contributed by atoms with Crippen LogP contribution in [-0.4, -0.2) is 42.2 Å². The van der Waals surface area contributed by atoms with E-state index >= 15 is 0 Å². The van der Waals surface area contributed by atoms with Crippen molar-refractivity contribution < 1.29 is 18.0 Å². The highest BCUT2D eigenvalue weighted by Gasteiger charge is 2.39. The number of benzene rings is 1. The summed E-state index contributed by atoms with van der Waals surface area (Å²) in [4.78, 5) is 35.2. The number of carbonyl (C=O) groups excluding carboxylic acids is 2. The van der Waals surface area contributed by atoms with E-state index in [-0.39, 0.29) is 27.7 Å². The summed E-state index contributed by atoms with van der Waals surface area (Å²) in [6.45, 7) is 8.51. The molecule has 1 amide bonds. The fraction of sp³-hybridized carbons (Fsp3) is 0.308. The Morgan fingerprint density at radius 2 is 1.78 bits per heavy atom. The molecule has 36 heavy (non-hydrogen) atoms. The van der Waals surface area contributed by atoms with Gasteiger partial charge in [0.05, 0.1) is 5.56 Å². The third-order valence-corrected chi connectivity index (χ3v) is 7.38. The SMILES string of the molecule is CC(=O)c1ccc(Nc2cccc(S(=O)(=O)NC(=O)c3cccnc3N3CC(C)CC3(C)C)n2)cc1. The van der Waals surface area contributed by atoms with Crippen molar-refractivity contribution in [3.05, 3.63) is 71.9 Å². The van der Waals surface area contributed by atoms with Crippen molar-refractivity contribution in [2.24, 2.45) is 5.92 Å². The van der Waals surface area contributed by atoms with Crippen LogP contribution < -0.4 is 14.9 Å². The third-order valence-electron chi connectivity index (χ3n) is 6.15. The van der Waals surface area contributed by atoms with Crippen LogP contribution in [0, 0.1) is 5.92 Å². The fourth-order valence-corrected chi connectivity index (χ4v) is 5.48. The van der Waals surface area contributed by atoms with Crippen molar-refractivity contribution >= 4 is 39.0 Å². The first kappa shape index (κ1) is 25.3. The Balaban J connectivity index is 1.55. The molecule has 1 fully saturated rings. The zero-order valence-corrected chi connectivity index (χ0v) is 21.5. The molecule has 9 nitrogen and oxygen atoms in total. The summed E-state index contributed by atoms with van der Waals surface area (Å²) in [5, 5.41) is 2.71. The van der Waals surface area contributed by atoms with Gasteiger partial charge in [0.15, 0.2) is 10.8 Å². The first-order valence-corrected chi connectivity index (χ1v) is 13.1. The van der Waals surface area contributed by atoms with Crippen LogP contribution in [0.4, 0.5) is 17.3 Å². The minimum absolute atomic E-state index is 0.0527. The van der Waals surface area contributed by atoms with Gasteiger partial charge in [-0.25, -0.2) is 14.7 Å².